The zero-order valence-electron chi connectivity index (χ0n) is 18.2. The molecule has 30 heavy (non-hydrogen) atoms. The summed E-state index contributed by atoms with van der Waals surface area (Å²) in [5, 5.41) is 6.22. The number of carbonyl (C=O) groups is 2. The molecule has 0 aromatic carbocycles. The van der Waals surface area contributed by atoms with E-state index in [-0.39, 0.29) is 0 Å². The minimum atomic E-state index is -0.507. The minimum Gasteiger partial charge on any atom is -0.384 e. The van der Waals surface area contributed by atoms with Crippen LogP contribution in [-0.4, -0.2) is 34.1 Å². The number of nitrogens with zero attached hydrogens (tertiary/aromatic N) is 2. The van der Waals surface area contributed by atoms with Crippen LogP contribution in [0.2, 0.25) is 0 Å². The van der Waals surface area contributed by atoms with Gasteiger partial charge >= 0.3 is 11.9 Å². The summed E-state index contributed by atoms with van der Waals surface area (Å²) in [6.07, 6.45) is 12.5. The Morgan fingerprint density at radius 1 is 0.667 bits per heavy atom. The summed E-state index contributed by atoms with van der Waals surface area (Å²) < 4.78 is 0. The molecule has 2 unspecified atom stereocenters. The predicted molar refractivity (Wildman–Crippen MR) is 128 cm³/mol. The summed E-state index contributed by atoms with van der Waals surface area (Å²) in [7, 11) is 0. The van der Waals surface area contributed by atoms with Gasteiger partial charge in [0.15, 0.2) is 0 Å². The van der Waals surface area contributed by atoms with E-state index in [1.807, 2.05) is 0 Å². The van der Waals surface area contributed by atoms with E-state index < -0.39 is 22.4 Å². The fourth-order valence-corrected chi connectivity index (χ4v) is 2.57. The van der Waals surface area contributed by atoms with Gasteiger partial charge in [0.2, 0.25) is 0 Å². The first kappa shape index (κ1) is 28.6. The number of hydrogen-bond donors (Lipinski definition) is 4. The van der Waals surface area contributed by atoms with Gasteiger partial charge in [-0.2, -0.15) is 25.3 Å². The molecule has 0 aromatic heterocycles. The van der Waals surface area contributed by atoms with Crippen LogP contribution in [0.25, 0.3) is 0 Å². The van der Waals surface area contributed by atoms with E-state index in [1.165, 1.54) is 25.7 Å². The molecule has 0 bridgehead atoms. The highest BCUT2D eigenvalue weighted by molar-refractivity contribution is 7.81. The summed E-state index contributed by atoms with van der Waals surface area (Å²) in [5.74, 6) is -0.306. The first-order valence-electron chi connectivity index (χ1n) is 10.7. The number of amidine groups is 2. The van der Waals surface area contributed by atoms with Crippen LogP contribution in [0.15, 0.2) is 10.3 Å². The molecular weight excluding hydrogens is 424 g/mol. The van der Waals surface area contributed by atoms with Gasteiger partial charge in [-0.05, 0) is 26.7 Å². The van der Waals surface area contributed by atoms with E-state index in [9.17, 15) is 9.59 Å². The first-order chi connectivity index (χ1) is 14.2. The molecule has 0 aliphatic heterocycles. The highest BCUT2D eigenvalue weighted by Crippen LogP contribution is 2.12. The lowest BCUT2D eigenvalue weighted by molar-refractivity contribution is -0.143. The monoisotopic (exact) mass is 462 g/mol. The van der Waals surface area contributed by atoms with Crippen molar-refractivity contribution >= 4 is 48.9 Å². The number of unbranched alkanes of at least 4 members (excludes halogenated alkanes) is 9. The SMILES string of the molecule is CC(S)C(=O)O/N=C(\N)CCCCCCCCCCCC/C(N)=N/OC(=O)C(C)S. The van der Waals surface area contributed by atoms with E-state index in [2.05, 4.69) is 45.2 Å². The quantitative estimate of drug-likeness (QED) is 0.0647. The average Bonchev–Trinajstić information content (AvgIpc) is 2.70. The normalized spacial score (nSPS) is 14.3. The van der Waals surface area contributed by atoms with E-state index in [1.54, 1.807) is 13.8 Å². The molecule has 0 rings (SSSR count). The Labute approximate surface area is 191 Å². The van der Waals surface area contributed by atoms with Crippen LogP contribution >= 0.6 is 25.3 Å². The third-order valence-corrected chi connectivity index (χ3v) is 4.73. The highest BCUT2D eigenvalue weighted by atomic mass is 32.1. The Morgan fingerprint density at radius 2 is 0.933 bits per heavy atom. The highest BCUT2D eigenvalue weighted by Gasteiger charge is 2.10. The van der Waals surface area contributed by atoms with Crippen molar-refractivity contribution in [3.63, 3.8) is 0 Å². The minimum absolute atomic E-state index is 0.345. The van der Waals surface area contributed by atoms with E-state index in [0.29, 0.717) is 24.5 Å². The van der Waals surface area contributed by atoms with Crippen LogP contribution < -0.4 is 11.5 Å². The summed E-state index contributed by atoms with van der Waals surface area (Å²) in [6, 6.07) is 0. The van der Waals surface area contributed by atoms with E-state index in [4.69, 9.17) is 11.5 Å². The van der Waals surface area contributed by atoms with Crippen LogP contribution in [0, 0.1) is 0 Å². The van der Waals surface area contributed by atoms with Gasteiger partial charge in [0, 0.05) is 12.8 Å². The lowest BCUT2D eigenvalue weighted by Crippen LogP contribution is -2.17. The Hall–Kier alpha value is -1.42. The molecule has 0 fully saturated rings. The van der Waals surface area contributed by atoms with Gasteiger partial charge in [-0.25, -0.2) is 9.59 Å². The lowest BCUT2D eigenvalue weighted by atomic mass is 10.0. The molecule has 0 aliphatic carbocycles. The Bertz CT molecular complexity index is 507. The van der Waals surface area contributed by atoms with E-state index >= 15 is 0 Å². The average molecular weight is 463 g/mol. The largest absolute Gasteiger partial charge is 0.384 e. The zero-order chi connectivity index (χ0) is 22.8. The molecule has 10 heteroatoms. The van der Waals surface area contributed by atoms with Crippen LogP contribution in [-0.2, 0) is 19.3 Å². The number of thiol groups is 2. The predicted octanol–water partition coefficient (Wildman–Crippen LogP) is 3.94. The van der Waals surface area contributed by atoms with Crippen LogP contribution in [0.3, 0.4) is 0 Å². The Balaban J connectivity index is 3.48. The molecule has 0 saturated heterocycles. The molecule has 0 amide bonds. The maximum atomic E-state index is 11.2. The van der Waals surface area contributed by atoms with Crippen LogP contribution in [0.5, 0.6) is 0 Å². The lowest BCUT2D eigenvalue weighted by Gasteiger charge is -2.04. The van der Waals surface area contributed by atoms with Crippen LogP contribution in [0.4, 0.5) is 0 Å². The van der Waals surface area contributed by atoms with Crippen molar-refractivity contribution in [3.8, 4) is 0 Å². The molecule has 0 heterocycles. The van der Waals surface area contributed by atoms with Gasteiger partial charge in [0.05, 0.1) is 10.5 Å². The molecule has 0 aromatic rings. The second-order valence-electron chi connectivity index (χ2n) is 7.37. The summed E-state index contributed by atoms with van der Waals surface area (Å²) in [6.45, 7) is 3.24. The molecule has 0 radical (unpaired) electrons. The van der Waals surface area contributed by atoms with Gasteiger partial charge in [-0.1, -0.05) is 61.7 Å². The van der Waals surface area contributed by atoms with Gasteiger partial charge in [0.25, 0.3) is 0 Å². The zero-order valence-corrected chi connectivity index (χ0v) is 20.0. The molecule has 2 atom stereocenters. The van der Waals surface area contributed by atoms with Gasteiger partial charge in [0.1, 0.15) is 11.7 Å². The van der Waals surface area contributed by atoms with Crippen molar-refractivity contribution < 1.29 is 19.3 Å². The number of hydrogen-bond acceptors (Lipinski definition) is 8. The third kappa shape index (κ3) is 17.4. The second-order valence-corrected chi connectivity index (χ2v) is 8.92. The smallest absolute Gasteiger partial charge is 0.347 e. The summed E-state index contributed by atoms with van der Waals surface area (Å²) in [4.78, 5) is 31.8. The molecule has 8 nitrogen and oxygen atoms in total. The maximum absolute atomic E-state index is 11.2. The second kappa shape index (κ2) is 18.4. The Morgan fingerprint density at radius 3 is 1.20 bits per heavy atom. The summed E-state index contributed by atoms with van der Waals surface area (Å²) >= 11 is 7.92. The molecule has 0 saturated carbocycles. The van der Waals surface area contributed by atoms with Crippen molar-refractivity contribution in [3.05, 3.63) is 0 Å². The fourth-order valence-electron chi connectivity index (χ4n) is 2.48. The molecule has 0 aliphatic rings. The van der Waals surface area contributed by atoms with Crippen molar-refractivity contribution in [2.45, 2.75) is 101 Å². The third-order valence-electron chi connectivity index (χ3n) is 4.30. The van der Waals surface area contributed by atoms with Crippen molar-refractivity contribution in [1.82, 2.24) is 0 Å². The fraction of sp³-hybridized carbons (Fsp3) is 0.800. The van der Waals surface area contributed by atoms with Crippen molar-refractivity contribution in [2.24, 2.45) is 21.8 Å². The molecular formula is C20H38N4O4S2. The Kier molecular flexibility index (Phi) is 17.5. The number of carbonyl (C=O) groups excluding carboxylic acids is 2. The van der Waals surface area contributed by atoms with Gasteiger partial charge in [-0.3, -0.25) is 0 Å². The number of oxime groups is 2. The van der Waals surface area contributed by atoms with Gasteiger partial charge in [-0.15, -0.1) is 0 Å². The molecule has 174 valence electrons. The standard InChI is InChI=1S/C20H38N4O4S2/c1-15(29)19(25)27-23-17(21)13-11-9-7-5-3-4-6-8-10-12-14-18(22)24-28-20(26)16(2)30/h15-16,29-30H,3-14H2,1-2H3,(H2,21,23)(H2,22,24). The molecule has 4 N–H and O–H groups in total. The summed E-state index contributed by atoms with van der Waals surface area (Å²) in [5.41, 5.74) is 11.4. The van der Waals surface area contributed by atoms with Gasteiger partial charge < -0.3 is 21.1 Å². The maximum Gasteiger partial charge on any atom is 0.347 e. The number of rotatable bonds is 17. The molecule has 0 spiro atoms. The topological polar surface area (TPSA) is 129 Å². The van der Waals surface area contributed by atoms with E-state index in [0.717, 1.165) is 38.5 Å². The van der Waals surface area contributed by atoms with Crippen LogP contribution in [0.1, 0.15) is 90.9 Å². The van der Waals surface area contributed by atoms with Crippen molar-refractivity contribution in [2.75, 3.05) is 0 Å². The first-order valence-corrected chi connectivity index (χ1v) is 11.7. The van der Waals surface area contributed by atoms with Crippen molar-refractivity contribution in [1.29, 1.82) is 0 Å². The number of nitrogens with two attached hydrogens (primary N) is 2.